The Morgan fingerprint density at radius 2 is 2.10 bits per heavy atom. The van der Waals surface area contributed by atoms with Crippen molar-refractivity contribution in [3.63, 3.8) is 0 Å². The van der Waals surface area contributed by atoms with E-state index >= 15 is 0 Å². The van der Waals surface area contributed by atoms with Gasteiger partial charge in [-0.2, -0.15) is 0 Å². The summed E-state index contributed by atoms with van der Waals surface area (Å²) >= 11 is 7.22. The van der Waals surface area contributed by atoms with Gasteiger partial charge in [-0.05, 0) is 36.8 Å². The van der Waals surface area contributed by atoms with E-state index in [-0.39, 0.29) is 10.9 Å². The van der Waals surface area contributed by atoms with Gasteiger partial charge in [0.2, 0.25) is 10.0 Å². The third kappa shape index (κ3) is 3.59. The zero-order valence-electron chi connectivity index (χ0n) is 10.8. The molecule has 0 bridgehead atoms. The second kappa shape index (κ2) is 6.24. The van der Waals surface area contributed by atoms with Crippen molar-refractivity contribution >= 4 is 33.0 Å². The molecule has 2 rings (SSSR count). The first kappa shape index (κ1) is 15.5. The van der Waals surface area contributed by atoms with E-state index in [9.17, 15) is 8.42 Å². The summed E-state index contributed by atoms with van der Waals surface area (Å²) in [6.07, 6.45) is 0. The molecule has 0 aliphatic rings. The molecular formula is C13H15ClN2O2S2. The van der Waals surface area contributed by atoms with Crippen LogP contribution >= 0.6 is 22.9 Å². The SMILES string of the molecule is CC(NS(=O)(=O)c1cccc(CN)c1)c1ccc(Cl)s1. The summed E-state index contributed by atoms with van der Waals surface area (Å²) < 4.78 is 27.9. The van der Waals surface area contributed by atoms with Crippen LogP contribution < -0.4 is 10.5 Å². The molecule has 0 saturated carbocycles. The van der Waals surface area contributed by atoms with Crippen LogP contribution in [0.1, 0.15) is 23.4 Å². The summed E-state index contributed by atoms with van der Waals surface area (Å²) in [5, 5.41) is 0. The van der Waals surface area contributed by atoms with Crippen molar-refractivity contribution in [2.75, 3.05) is 0 Å². The summed E-state index contributed by atoms with van der Waals surface area (Å²) in [5.41, 5.74) is 6.31. The number of nitrogens with one attached hydrogen (secondary N) is 1. The fourth-order valence-electron chi connectivity index (χ4n) is 1.76. The van der Waals surface area contributed by atoms with E-state index in [1.807, 2.05) is 6.07 Å². The molecule has 0 saturated heterocycles. The van der Waals surface area contributed by atoms with Crippen LogP contribution in [0.5, 0.6) is 0 Å². The molecule has 1 heterocycles. The normalized spacial score (nSPS) is 13.3. The lowest BCUT2D eigenvalue weighted by atomic mass is 10.2. The minimum Gasteiger partial charge on any atom is -0.326 e. The largest absolute Gasteiger partial charge is 0.326 e. The lowest BCUT2D eigenvalue weighted by Gasteiger charge is -2.13. The highest BCUT2D eigenvalue weighted by atomic mass is 35.5. The van der Waals surface area contributed by atoms with E-state index < -0.39 is 10.0 Å². The van der Waals surface area contributed by atoms with Crippen molar-refractivity contribution in [1.82, 2.24) is 4.72 Å². The summed E-state index contributed by atoms with van der Waals surface area (Å²) in [6.45, 7) is 2.09. The third-order valence-corrected chi connectivity index (χ3v) is 5.75. The Labute approximate surface area is 127 Å². The highest BCUT2D eigenvalue weighted by Gasteiger charge is 2.19. The van der Waals surface area contributed by atoms with Crippen LogP contribution in [0.2, 0.25) is 4.34 Å². The molecule has 4 nitrogen and oxygen atoms in total. The molecule has 20 heavy (non-hydrogen) atoms. The van der Waals surface area contributed by atoms with Crippen molar-refractivity contribution in [3.8, 4) is 0 Å². The molecule has 3 N–H and O–H groups in total. The number of sulfonamides is 1. The molecule has 0 radical (unpaired) electrons. The van der Waals surface area contributed by atoms with Crippen LogP contribution in [0.3, 0.4) is 0 Å². The highest BCUT2D eigenvalue weighted by Crippen LogP contribution is 2.27. The van der Waals surface area contributed by atoms with Gasteiger partial charge >= 0.3 is 0 Å². The monoisotopic (exact) mass is 330 g/mol. The number of nitrogens with two attached hydrogens (primary N) is 1. The molecule has 7 heteroatoms. The van der Waals surface area contributed by atoms with Gasteiger partial charge in [0.25, 0.3) is 0 Å². The predicted octanol–water partition coefficient (Wildman–Crippen LogP) is 2.90. The summed E-state index contributed by atoms with van der Waals surface area (Å²) in [7, 11) is -3.57. The Hall–Kier alpha value is -0.920. The number of hydrogen-bond donors (Lipinski definition) is 2. The number of thiophene rings is 1. The minimum absolute atomic E-state index is 0.218. The maximum atomic E-state index is 12.3. The smallest absolute Gasteiger partial charge is 0.241 e. The van der Waals surface area contributed by atoms with Crippen LogP contribution in [-0.2, 0) is 16.6 Å². The van der Waals surface area contributed by atoms with Gasteiger partial charge in [0.05, 0.1) is 15.3 Å². The van der Waals surface area contributed by atoms with Crippen molar-refractivity contribution < 1.29 is 8.42 Å². The lowest BCUT2D eigenvalue weighted by molar-refractivity contribution is 0.568. The molecule has 108 valence electrons. The summed E-state index contributed by atoms with van der Waals surface area (Å²) in [6, 6.07) is 9.84. The number of halogens is 1. The van der Waals surface area contributed by atoms with E-state index in [1.54, 1.807) is 37.3 Å². The molecule has 1 atom stereocenters. The number of benzene rings is 1. The first-order valence-electron chi connectivity index (χ1n) is 5.99. The average molecular weight is 331 g/mol. The Morgan fingerprint density at radius 1 is 1.35 bits per heavy atom. The predicted molar refractivity (Wildman–Crippen MR) is 82.4 cm³/mol. The van der Waals surface area contributed by atoms with E-state index in [1.165, 1.54) is 11.3 Å². The Kier molecular flexibility index (Phi) is 4.82. The molecule has 2 aromatic rings. The van der Waals surface area contributed by atoms with Crippen LogP contribution in [0, 0.1) is 0 Å². The standard InChI is InChI=1S/C13H15ClN2O2S2/c1-9(12-5-6-13(14)19-12)16-20(17,18)11-4-2-3-10(7-11)8-15/h2-7,9,16H,8,15H2,1H3. The number of hydrogen-bond acceptors (Lipinski definition) is 4. The molecule has 1 unspecified atom stereocenters. The van der Waals surface area contributed by atoms with E-state index in [0.717, 1.165) is 10.4 Å². The van der Waals surface area contributed by atoms with Gasteiger partial charge in [0, 0.05) is 11.4 Å². The molecule has 1 aromatic carbocycles. The molecule has 0 fully saturated rings. The van der Waals surface area contributed by atoms with Gasteiger partial charge in [-0.1, -0.05) is 23.7 Å². The molecule has 0 aliphatic heterocycles. The van der Waals surface area contributed by atoms with Gasteiger partial charge in [0.1, 0.15) is 0 Å². The van der Waals surface area contributed by atoms with E-state index in [0.29, 0.717) is 10.9 Å². The maximum absolute atomic E-state index is 12.3. The lowest BCUT2D eigenvalue weighted by Crippen LogP contribution is -2.26. The zero-order valence-corrected chi connectivity index (χ0v) is 13.2. The highest BCUT2D eigenvalue weighted by molar-refractivity contribution is 7.89. The van der Waals surface area contributed by atoms with Gasteiger partial charge in [0.15, 0.2) is 0 Å². The Balaban J connectivity index is 2.22. The fourth-order valence-corrected chi connectivity index (χ4v) is 4.19. The molecule has 0 aliphatic carbocycles. The van der Waals surface area contributed by atoms with Crippen molar-refractivity contribution in [2.45, 2.75) is 24.4 Å². The minimum atomic E-state index is -3.57. The van der Waals surface area contributed by atoms with Gasteiger partial charge in [-0.25, -0.2) is 13.1 Å². The Morgan fingerprint density at radius 3 is 2.70 bits per heavy atom. The summed E-state index contributed by atoms with van der Waals surface area (Å²) in [5.74, 6) is 0. The fraction of sp³-hybridized carbons (Fsp3) is 0.231. The van der Waals surface area contributed by atoms with Crippen LogP contribution in [0.15, 0.2) is 41.3 Å². The van der Waals surface area contributed by atoms with Gasteiger partial charge < -0.3 is 5.73 Å². The third-order valence-electron chi connectivity index (χ3n) is 2.80. The summed E-state index contributed by atoms with van der Waals surface area (Å²) in [4.78, 5) is 1.09. The van der Waals surface area contributed by atoms with Crippen LogP contribution in [0.4, 0.5) is 0 Å². The first-order valence-corrected chi connectivity index (χ1v) is 8.66. The van der Waals surface area contributed by atoms with E-state index in [2.05, 4.69) is 4.72 Å². The maximum Gasteiger partial charge on any atom is 0.241 e. The number of rotatable bonds is 5. The van der Waals surface area contributed by atoms with Crippen molar-refractivity contribution in [1.29, 1.82) is 0 Å². The Bertz CT molecular complexity index is 698. The van der Waals surface area contributed by atoms with Crippen LogP contribution in [-0.4, -0.2) is 8.42 Å². The average Bonchev–Trinajstić information content (AvgIpc) is 2.85. The molecule has 0 spiro atoms. The second-order valence-corrected chi connectivity index (χ2v) is 7.80. The quantitative estimate of drug-likeness (QED) is 0.885. The molecular weight excluding hydrogens is 316 g/mol. The molecule has 0 amide bonds. The topological polar surface area (TPSA) is 72.2 Å². The van der Waals surface area contributed by atoms with Gasteiger partial charge in [-0.15, -0.1) is 11.3 Å². The molecule has 1 aromatic heterocycles. The van der Waals surface area contributed by atoms with Gasteiger partial charge in [-0.3, -0.25) is 0 Å². The van der Waals surface area contributed by atoms with Crippen molar-refractivity contribution in [3.05, 3.63) is 51.2 Å². The van der Waals surface area contributed by atoms with Crippen LogP contribution in [0.25, 0.3) is 0 Å². The van der Waals surface area contributed by atoms with E-state index in [4.69, 9.17) is 17.3 Å². The zero-order chi connectivity index (χ0) is 14.8. The van der Waals surface area contributed by atoms with Crippen molar-refractivity contribution in [2.24, 2.45) is 5.73 Å². The second-order valence-electron chi connectivity index (χ2n) is 4.34. The first-order chi connectivity index (χ1) is 9.42.